The fraction of sp³-hybridized carbons (Fsp3) is 0.300. The normalized spacial score (nSPS) is 10.0. The van der Waals surface area contributed by atoms with E-state index in [0.717, 1.165) is 6.07 Å². The van der Waals surface area contributed by atoms with Crippen LogP contribution >= 0.6 is 11.6 Å². The first-order chi connectivity index (χ1) is 6.60. The molecule has 0 saturated carbocycles. The topological polar surface area (TPSA) is 26.3 Å². The Morgan fingerprint density at radius 1 is 1.57 bits per heavy atom. The molecule has 0 aliphatic rings. The van der Waals surface area contributed by atoms with Gasteiger partial charge in [0.25, 0.3) is 0 Å². The molecule has 0 spiro atoms. The van der Waals surface area contributed by atoms with Gasteiger partial charge in [-0.15, -0.1) is 11.6 Å². The van der Waals surface area contributed by atoms with Crippen molar-refractivity contribution < 1.29 is 13.9 Å². The van der Waals surface area contributed by atoms with Gasteiger partial charge in [-0.1, -0.05) is 0 Å². The molecule has 14 heavy (non-hydrogen) atoms. The second kappa shape index (κ2) is 4.42. The summed E-state index contributed by atoms with van der Waals surface area (Å²) in [4.78, 5) is 11.2. The van der Waals surface area contributed by atoms with E-state index in [-0.39, 0.29) is 11.4 Å². The third-order valence-electron chi connectivity index (χ3n) is 2.03. The van der Waals surface area contributed by atoms with E-state index in [1.165, 1.54) is 13.2 Å². The minimum atomic E-state index is -0.548. The summed E-state index contributed by atoms with van der Waals surface area (Å²) in [5.41, 5.74) is 1.49. The summed E-state index contributed by atoms with van der Waals surface area (Å²) in [5.74, 6) is -0.854. The highest BCUT2D eigenvalue weighted by Crippen LogP contribution is 2.18. The van der Waals surface area contributed by atoms with Crippen molar-refractivity contribution in [2.24, 2.45) is 0 Å². The molecule has 0 aliphatic heterocycles. The van der Waals surface area contributed by atoms with Crippen molar-refractivity contribution in [2.75, 3.05) is 7.11 Å². The van der Waals surface area contributed by atoms with Crippen LogP contribution in [-0.2, 0) is 10.6 Å². The zero-order chi connectivity index (χ0) is 10.7. The third-order valence-corrected chi connectivity index (χ3v) is 2.32. The first-order valence-corrected chi connectivity index (χ1v) is 4.57. The molecule has 76 valence electrons. The van der Waals surface area contributed by atoms with Gasteiger partial charge in [0.05, 0.1) is 12.7 Å². The Morgan fingerprint density at radius 3 is 2.71 bits per heavy atom. The molecule has 0 aromatic heterocycles. The maximum atomic E-state index is 13.0. The number of ether oxygens (including phenoxy) is 1. The molecule has 4 heteroatoms. The highest BCUT2D eigenvalue weighted by atomic mass is 35.5. The largest absolute Gasteiger partial charge is 0.465 e. The van der Waals surface area contributed by atoms with Crippen LogP contribution in [-0.4, -0.2) is 13.1 Å². The Balaban J connectivity index is 3.29. The monoisotopic (exact) mass is 216 g/mol. The molecule has 1 aromatic rings. The maximum Gasteiger partial charge on any atom is 0.338 e. The van der Waals surface area contributed by atoms with Crippen molar-refractivity contribution in [1.82, 2.24) is 0 Å². The molecule has 0 N–H and O–H groups in total. The van der Waals surface area contributed by atoms with Gasteiger partial charge in [0, 0.05) is 5.88 Å². The van der Waals surface area contributed by atoms with Crippen molar-refractivity contribution in [3.63, 3.8) is 0 Å². The molecule has 0 bridgehead atoms. The second-order valence-electron chi connectivity index (χ2n) is 2.86. The van der Waals surface area contributed by atoms with Gasteiger partial charge in [-0.3, -0.25) is 0 Å². The van der Waals surface area contributed by atoms with E-state index in [9.17, 15) is 9.18 Å². The molecular weight excluding hydrogens is 207 g/mol. The van der Waals surface area contributed by atoms with Crippen LogP contribution in [0.2, 0.25) is 0 Å². The van der Waals surface area contributed by atoms with Crippen molar-refractivity contribution in [3.05, 3.63) is 34.6 Å². The molecule has 0 heterocycles. The molecule has 0 saturated heterocycles. The van der Waals surface area contributed by atoms with Gasteiger partial charge < -0.3 is 4.74 Å². The molecule has 0 atom stereocenters. The zero-order valence-electron chi connectivity index (χ0n) is 7.93. The number of esters is 1. The lowest BCUT2D eigenvalue weighted by molar-refractivity contribution is 0.0599. The molecular formula is C10H10ClFO2. The fourth-order valence-electron chi connectivity index (χ4n) is 1.20. The average molecular weight is 217 g/mol. The Morgan fingerprint density at radius 2 is 2.21 bits per heavy atom. The van der Waals surface area contributed by atoms with Crippen molar-refractivity contribution >= 4 is 17.6 Å². The van der Waals surface area contributed by atoms with Gasteiger partial charge in [0.1, 0.15) is 5.82 Å². The predicted octanol–water partition coefficient (Wildman–Crippen LogP) is 2.66. The summed E-state index contributed by atoms with van der Waals surface area (Å²) >= 11 is 5.61. The maximum absolute atomic E-state index is 13.0. The van der Waals surface area contributed by atoms with Gasteiger partial charge in [0.15, 0.2) is 0 Å². The first-order valence-electron chi connectivity index (χ1n) is 4.03. The van der Waals surface area contributed by atoms with Crippen LogP contribution in [0.15, 0.2) is 12.1 Å². The third kappa shape index (κ3) is 2.04. The van der Waals surface area contributed by atoms with Crippen LogP contribution in [0.25, 0.3) is 0 Å². The highest BCUT2D eigenvalue weighted by Gasteiger charge is 2.13. The quantitative estimate of drug-likeness (QED) is 0.561. The molecule has 0 radical (unpaired) electrons. The minimum absolute atomic E-state index is 0.174. The second-order valence-corrected chi connectivity index (χ2v) is 3.13. The van der Waals surface area contributed by atoms with Gasteiger partial charge in [-0.25, -0.2) is 9.18 Å². The number of rotatable bonds is 2. The first kappa shape index (κ1) is 11.0. The fourth-order valence-corrected chi connectivity index (χ4v) is 1.47. The summed E-state index contributed by atoms with van der Waals surface area (Å²) in [6.07, 6.45) is 0. The highest BCUT2D eigenvalue weighted by molar-refractivity contribution is 6.17. The average Bonchev–Trinajstić information content (AvgIpc) is 2.19. The number of alkyl halides is 1. The van der Waals surface area contributed by atoms with E-state index in [1.807, 2.05) is 0 Å². The van der Waals surface area contributed by atoms with Crippen LogP contribution in [0.4, 0.5) is 4.39 Å². The molecule has 0 unspecified atom stereocenters. The number of hydrogen-bond donors (Lipinski definition) is 0. The van der Waals surface area contributed by atoms with Gasteiger partial charge >= 0.3 is 5.97 Å². The lowest BCUT2D eigenvalue weighted by Crippen LogP contribution is -2.06. The van der Waals surface area contributed by atoms with E-state index in [0.29, 0.717) is 11.1 Å². The van der Waals surface area contributed by atoms with Gasteiger partial charge in [-0.2, -0.15) is 0 Å². The van der Waals surface area contributed by atoms with Crippen LogP contribution in [0.1, 0.15) is 21.5 Å². The van der Waals surface area contributed by atoms with Crippen molar-refractivity contribution in [1.29, 1.82) is 0 Å². The number of benzene rings is 1. The number of hydrogen-bond acceptors (Lipinski definition) is 2. The Hall–Kier alpha value is -1.09. The van der Waals surface area contributed by atoms with Crippen LogP contribution < -0.4 is 0 Å². The van der Waals surface area contributed by atoms with E-state index in [2.05, 4.69) is 4.74 Å². The summed E-state index contributed by atoms with van der Waals surface area (Å²) in [6, 6.07) is 2.46. The molecule has 0 aliphatic carbocycles. The number of carbonyl (C=O) groups excluding carboxylic acids is 1. The van der Waals surface area contributed by atoms with Gasteiger partial charge in [0.2, 0.25) is 0 Å². The molecule has 2 nitrogen and oxygen atoms in total. The Kier molecular flexibility index (Phi) is 3.47. The number of carbonyl (C=O) groups is 1. The summed E-state index contributed by atoms with van der Waals surface area (Å²) in [7, 11) is 1.26. The van der Waals surface area contributed by atoms with Crippen LogP contribution in [0.5, 0.6) is 0 Å². The standard InChI is InChI=1S/C10H10ClFO2/c1-6-7(5-11)3-8(12)4-9(6)10(13)14-2/h3-4H,5H2,1-2H3. The van der Waals surface area contributed by atoms with E-state index < -0.39 is 11.8 Å². The minimum Gasteiger partial charge on any atom is -0.465 e. The zero-order valence-corrected chi connectivity index (χ0v) is 8.69. The lowest BCUT2D eigenvalue weighted by atomic mass is 10.0. The Labute approximate surface area is 86.6 Å². The molecule has 1 aromatic carbocycles. The number of methoxy groups -OCH3 is 1. The summed E-state index contributed by atoms with van der Waals surface area (Å²) < 4.78 is 17.5. The van der Waals surface area contributed by atoms with Crippen molar-refractivity contribution in [3.8, 4) is 0 Å². The molecule has 0 amide bonds. The smallest absolute Gasteiger partial charge is 0.338 e. The summed E-state index contributed by atoms with van der Waals surface area (Å²) in [5, 5.41) is 0. The van der Waals surface area contributed by atoms with Crippen LogP contribution in [0.3, 0.4) is 0 Å². The van der Waals surface area contributed by atoms with Gasteiger partial charge in [-0.05, 0) is 30.2 Å². The van der Waals surface area contributed by atoms with E-state index in [1.54, 1.807) is 6.92 Å². The van der Waals surface area contributed by atoms with Crippen molar-refractivity contribution in [2.45, 2.75) is 12.8 Å². The van der Waals surface area contributed by atoms with E-state index in [4.69, 9.17) is 11.6 Å². The molecule has 0 fully saturated rings. The predicted molar refractivity (Wildman–Crippen MR) is 52.0 cm³/mol. The van der Waals surface area contributed by atoms with Crippen LogP contribution in [0, 0.1) is 12.7 Å². The number of halogens is 2. The SMILES string of the molecule is COC(=O)c1cc(F)cc(CCl)c1C. The lowest BCUT2D eigenvalue weighted by Gasteiger charge is -2.07. The Bertz CT molecular complexity index is 363. The summed E-state index contributed by atoms with van der Waals surface area (Å²) in [6.45, 7) is 1.71. The van der Waals surface area contributed by atoms with E-state index >= 15 is 0 Å². The molecule has 1 rings (SSSR count).